The number of cyclic esters (lactones) is 2. The van der Waals surface area contributed by atoms with Gasteiger partial charge in [0, 0.05) is 57.9 Å². The van der Waals surface area contributed by atoms with Crippen molar-refractivity contribution >= 4 is 95.6 Å². The molecular weight excluding hydrogens is 679 g/mol. The van der Waals surface area contributed by atoms with Crippen LogP contribution in [0.5, 0.6) is 0 Å². The number of carbonyl (C=O) groups is 2. The highest BCUT2D eigenvalue weighted by atomic mass is 32.2. The van der Waals surface area contributed by atoms with Gasteiger partial charge >= 0.3 is 11.9 Å². The Morgan fingerprint density at radius 1 is 0.404 bits per heavy atom. The smallest absolute Gasteiger partial charge is 0.346 e. The van der Waals surface area contributed by atoms with E-state index >= 15 is 0 Å². The van der Waals surface area contributed by atoms with E-state index in [1.807, 2.05) is 60.7 Å². The van der Waals surface area contributed by atoms with Gasteiger partial charge in [0.1, 0.15) is 0 Å². The number of hydrogen-bond donors (Lipinski definition) is 0. The van der Waals surface area contributed by atoms with Crippen LogP contribution in [0.3, 0.4) is 0 Å². The van der Waals surface area contributed by atoms with Crippen molar-refractivity contribution in [1.82, 2.24) is 0 Å². The van der Waals surface area contributed by atoms with E-state index in [-0.39, 0.29) is 0 Å². The van der Waals surface area contributed by atoms with E-state index in [4.69, 9.17) is 4.74 Å². The summed E-state index contributed by atoms with van der Waals surface area (Å²) in [5, 5.41) is 7.95. The van der Waals surface area contributed by atoms with Crippen LogP contribution in [0.1, 0.15) is 20.7 Å². The number of nitrogens with zero attached hydrogens (tertiary/aromatic N) is 1. The van der Waals surface area contributed by atoms with Gasteiger partial charge in [-0.1, -0.05) is 121 Å². The number of benzene rings is 9. The number of para-hydroxylation sites is 2. The molecule has 1 heterocycles. The van der Waals surface area contributed by atoms with Crippen LogP contribution in [0.2, 0.25) is 0 Å². The van der Waals surface area contributed by atoms with E-state index in [0.717, 1.165) is 74.3 Å². The molecule has 0 fully saturated rings. The first-order chi connectivity index (χ1) is 25.6. The second-order valence-electron chi connectivity index (χ2n) is 12.7. The summed E-state index contributed by atoms with van der Waals surface area (Å²) in [6.07, 6.45) is 0. The van der Waals surface area contributed by atoms with Gasteiger partial charge in [0.25, 0.3) is 0 Å². The van der Waals surface area contributed by atoms with Gasteiger partial charge in [0.15, 0.2) is 0 Å². The first-order valence-electron chi connectivity index (χ1n) is 17.0. The largest absolute Gasteiger partial charge is 0.386 e. The third kappa shape index (κ3) is 4.87. The topological polar surface area (TPSA) is 46.6 Å². The Bertz CT molecular complexity index is 2690. The fourth-order valence-electron chi connectivity index (χ4n) is 7.61. The van der Waals surface area contributed by atoms with Gasteiger partial charge in [0.2, 0.25) is 0 Å². The van der Waals surface area contributed by atoms with Gasteiger partial charge in [-0.05, 0) is 82.9 Å². The zero-order chi connectivity index (χ0) is 34.8. The number of carbonyl (C=O) groups excluding carboxylic acids is 2. The van der Waals surface area contributed by atoms with Crippen LogP contribution in [0.15, 0.2) is 183 Å². The molecule has 0 spiro atoms. The van der Waals surface area contributed by atoms with Gasteiger partial charge in [-0.3, -0.25) is 0 Å². The minimum Gasteiger partial charge on any atom is -0.386 e. The second-order valence-corrected chi connectivity index (χ2v) is 14.9. The maximum atomic E-state index is 13.6. The summed E-state index contributed by atoms with van der Waals surface area (Å²) in [5.41, 5.74) is 4.00. The van der Waals surface area contributed by atoms with E-state index < -0.39 is 11.9 Å². The van der Waals surface area contributed by atoms with Gasteiger partial charge in [-0.25, -0.2) is 9.59 Å². The number of fused-ring (bicyclic) bond motifs is 2. The maximum absolute atomic E-state index is 13.6. The van der Waals surface area contributed by atoms with Crippen LogP contribution >= 0.6 is 23.5 Å². The van der Waals surface area contributed by atoms with Crippen molar-refractivity contribution in [2.24, 2.45) is 0 Å². The Morgan fingerprint density at radius 2 is 0.865 bits per heavy atom. The summed E-state index contributed by atoms with van der Waals surface area (Å²) in [6.45, 7) is 0. The number of rotatable bonds is 7. The molecule has 0 aromatic heterocycles. The molecule has 0 atom stereocenters. The van der Waals surface area contributed by atoms with Gasteiger partial charge in [0.05, 0.1) is 16.8 Å². The van der Waals surface area contributed by atoms with E-state index in [1.165, 1.54) is 0 Å². The molecule has 0 N–H and O–H groups in total. The highest BCUT2D eigenvalue weighted by Gasteiger charge is 2.33. The van der Waals surface area contributed by atoms with Gasteiger partial charge in [-0.2, -0.15) is 0 Å². The average molecular weight is 706 g/mol. The molecule has 0 bridgehead atoms. The SMILES string of the molecule is O=C1OC(=O)c2cc(Sc3ccccc3)c3c4ccc(N(c5ccccc5)c5ccccc5)c5cccc(c6c(Sc7ccccc7)cc1c2c63)c54. The highest BCUT2D eigenvalue weighted by molar-refractivity contribution is 8.00. The number of ether oxygens (including phenoxy) is 1. The Hall–Kier alpha value is -6.08. The predicted molar refractivity (Wildman–Crippen MR) is 213 cm³/mol. The molecule has 1 aliphatic rings. The molecule has 0 amide bonds. The lowest BCUT2D eigenvalue weighted by Crippen LogP contribution is -2.20. The van der Waals surface area contributed by atoms with Crippen LogP contribution in [-0.4, -0.2) is 11.9 Å². The molecule has 0 saturated heterocycles. The van der Waals surface area contributed by atoms with Crippen molar-refractivity contribution in [2.45, 2.75) is 19.6 Å². The molecule has 6 heteroatoms. The fourth-order valence-corrected chi connectivity index (χ4v) is 9.69. The zero-order valence-corrected chi connectivity index (χ0v) is 29.2. The average Bonchev–Trinajstić information content (AvgIpc) is 3.19. The van der Waals surface area contributed by atoms with Crippen molar-refractivity contribution in [3.63, 3.8) is 0 Å². The third-order valence-corrected chi connectivity index (χ3v) is 11.8. The normalized spacial score (nSPS) is 12.6. The molecule has 9 aromatic carbocycles. The predicted octanol–water partition coefficient (Wildman–Crippen LogP) is 12.8. The lowest BCUT2D eigenvalue weighted by molar-refractivity contribution is 0.0391. The van der Waals surface area contributed by atoms with E-state index in [9.17, 15) is 9.59 Å². The van der Waals surface area contributed by atoms with Crippen LogP contribution < -0.4 is 4.90 Å². The summed E-state index contributed by atoms with van der Waals surface area (Å²) in [6, 6.07) is 56.1. The molecule has 0 unspecified atom stereocenters. The summed E-state index contributed by atoms with van der Waals surface area (Å²) < 4.78 is 5.40. The molecule has 0 saturated carbocycles. The molecule has 9 aromatic rings. The Morgan fingerprint density at radius 3 is 1.38 bits per heavy atom. The Labute approximate surface area is 308 Å². The first-order valence-corrected chi connectivity index (χ1v) is 18.6. The van der Waals surface area contributed by atoms with E-state index in [0.29, 0.717) is 16.5 Å². The lowest BCUT2D eigenvalue weighted by atomic mass is 9.85. The van der Waals surface area contributed by atoms with Gasteiger partial charge < -0.3 is 9.64 Å². The van der Waals surface area contributed by atoms with Crippen molar-refractivity contribution < 1.29 is 14.3 Å². The van der Waals surface area contributed by atoms with Crippen molar-refractivity contribution in [3.05, 3.63) is 175 Å². The summed E-state index contributed by atoms with van der Waals surface area (Å²) in [5.74, 6) is -1.23. The zero-order valence-electron chi connectivity index (χ0n) is 27.6. The Balaban J connectivity index is 1.38. The highest BCUT2D eigenvalue weighted by Crippen LogP contribution is 2.53. The molecule has 0 radical (unpaired) electrons. The number of esters is 2. The second kappa shape index (κ2) is 12.3. The van der Waals surface area contributed by atoms with Crippen molar-refractivity contribution in [2.75, 3.05) is 4.90 Å². The Kier molecular flexibility index (Phi) is 7.27. The standard InChI is InChI=1S/C46H27NO3S2/c48-45-35-26-38(51-30-18-9-3-10-19-30)42-33-23-13-22-32-37(47(28-14-5-1-6-15-28)29-16-7-2-8-17-29)25-24-34(40(32)33)43-39(52-31-20-11-4-12-21-31)27-36(46(49)50-45)41(35)44(42)43/h1-27H. The molecule has 0 aliphatic carbocycles. The van der Waals surface area contributed by atoms with Crippen LogP contribution in [0, 0.1) is 0 Å². The fraction of sp³-hybridized carbons (Fsp3) is 0. The number of anilines is 3. The molecule has 4 nitrogen and oxygen atoms in total. The minimum atomic E-state index is -0.617. The van der Waals surface area contributed by atoms with E-state index in [2.05, 4.69) is 108 Å². The van der Waals surface area contributed by atoms with Crippen LogP contribution in [0.4, 0.5) is 17.1 Å². The molecule has 52 heavy (non-hydrogen) atoms. The monoisotopic (exact) mass is 705 g/mol. The third-order valence-electron chi connectivity index (χ3n) is 9.73. The van der Waals surface area contributed by atoms with Crippen LogP contribution in [-0.2, 0) is 4.74 Å². The maximum Gasteiger partial charge on any atom is 0.346 e. The quantitative estimate of drug-likeness (QED) is 0.0712. The number of hydrogen-bond acceptors (Lipinski definition) is 6. The van der Waals surface area contributed by atoms with Crippen molar-refractivity contribution in [1.29, 1.82) is 0 Å². The van der Waals surface area contributed by atoms with E-state index in [1.54, 1.807) is 23.5 Å². The lowest BCUT2D eigenvalue weighted by Gasteiger charge is -2.28. The summed E-state index contributed by atoms with van der Waals surface area (Å²) in [7, 11) is 0. The molecule has 1 aliphatic heterocycles. The summed E-state index contributed by atoms with van der Waals surface area (Å²) >= 11 is 3.24. The summed E-state index contributed by atoms with van der Waals surface area (Å²) in [4.78, 5) is 33.4. The van der Waals surface area contributed by atoms with Gasteiger partial charge in [-0.15, -0.1) is 0 Å². The molecule has 246 valence electrons. The molecular formula is C46H27NO3S2. The first kappa shape index (κ1) is 30.7. The minimum absolute atomic E-state index is 0.413. The van der Waals surface area contributed by atoms with Crippen molar-refractivity contribution in [3.8, 4) is 0 Å². The van der Waals surface area contributed by atoms with Crippen LogP contribution in [0.25, 0.3) is 43.1 Å². The molecule has 10 rings (SSSR count).